The van der Waals surface area contributed by atoms with Crippen LogP contribution in [-0.2, 0) is 0 Å². The zero-order valence-corrected chi connectivity index (χ0v) is 13.4. The molecule has 1 aliphatic heterocycles. The van der Waals surface area contributed by atoms with Gasteiger partial charge in [-0.3, -0.25) is 9.69 Å². The minimum absolute atomic E-state index is 0.242. The van der Waals surface area contributed by atoms with Crippen molar-refractivity contribution in [3.05, 3.63) is 20.8 Å². The number of likely N-dealkylation sites (tertiary alicyclic amines) is 1. The Hall–Kier alpha value is -0.190. The highest BCUT2D eigenvalue weighted by molar-refractivity contribution is 9.10. The van der Waals surface area contributed by atoms with Gasteiger partial charge in [-0.2, -0.15) is 0 Å². The molecule has 0 spiro atoms. The fraction of sp³-hybridized carbons (Fsp3) is 0.643. The highest BCUT2D eigenvalue weighted by Crippen LogP contribution is 2.30. The van der Waals surface area contributed by atoms with Crippen LogP contribution in [0.5, 0.6) is 0 Å². The van der Waals surface area contributed by atoms with E-state index in [-0.39, 0.29) is 5.78 Å². The second kappa shape index (κ2) is 5.85. The number of carbonyl (C=O) groups excluding carboxylic acids is 1. The maximum atomic E-state index is 12.7. The van der Waals surface area contributed by atoms with Crippen molar-refractivity contribution in [1.82, 2.24) is 4.90 Å². The monoisotopic (exact) mass is 329 g/mol. The molecule has 1 saturated heterocycles. The van der Waals surface area contributed by atoms with Gasteiger partial charge >= 0.3 is 0 Å². The quantitative estimate of drug-likeness (QED) is 0.768. The molecule has 2 nitrogen and oxygen atoms in total. The molecule has 0 amide bonds. The van der Waals surface area contributed by atoms with Crippen molar-refractivity contribution in [2.75, 3.05) is 13.1 Å². The highest BCUT2D eigenvalue weighted by Gasteiger charge is 2.36. The van der Waals surface area contributed by atoms with E-state index in [0.717, 1.165) is 22.4 Å². The summed E-state index contributed by atoms with van der Waals surface area (Å²) in [7, 11) is 0. The standard InChI is InChI=1S/C14H20BrNOS/c1-14(2,16-8-5-3-4-6-9-16)13(17)12-11(15)7-10-18-12/h7,10H,3-6,8-9H2,1-2H3. The Labute approximate surface area is 122 Å². The molecule has 4 heteroatoms. The van der Waals surface area contributed by atoms with Crippen molar-refractivity contribution in [3.63, 3.8) is 0 Å². The lowest BCUT2D eigenvalue weighted by Crippen LogP contribution is -2.50. The molecular weight excluding hydrogens is 310 g/mol. The van der Waals surface area contributed by atoms with Gasteiger partial charge in [-0.1, -0.05) is 12.8 Å². The van der Waals surface area contributed by atoms with Crippen molar-refractivity contribution in [2.45, 2.75) is 45.1 Å². The van der Waals surface area contributed by atoms with Crippen LogP contribution in [0.2, 0.25) is 0 Å². The molecule has 0 radical (unpaired) electrons. The van der Waals surface area contributed by atoms with Crippen molar-refractivity contribution < 1.29 is 4.79 Å². The van der Waals surface area contributed by atoms with E-state index in [1.165, 1.54) is 37.0 Å². The lowest BCUT2D eigenvalue weighted by Gasteiger charge is -2.36. The minimum atomic E-state index is -0.391. The van der Waals surface area contributed by atoms with Gasteiger partial charge in [0.25, 0.3) is 0 Å². The molecular formula is C14H20BrNOS. The number of hydrogen-bond donors (Lipinski definition) is 0. The Morgan fingerprint density at radius 3 is 2.39 bits per heavy atom. The van der Waals surface area contributed by atoms with Crippen molar-refractivity contribution in [1.29, 1.82) is 0 Å². The first kappa shape index (κ1) is 14.2. The number of carbonyl (C=O) groups is 1. The summed E-state index contributed by atoms with van der Waals surface area (Å²) in [5.41, 5.74) is -0.391. The summed E-state index contributed by atoms with van der Waals surface area (Å²) in [5, 5.41) is 1.97. The van der Waals surface area contributed by atoms with Gasteiger partial charge in [0.2, 0.25) is 0 Å². The molecule has 18 heavy (non-hydrogen) atoms. The van der Waals surface area contributed by atoms with Crippen LogP contribution in [0.3, 0.4) is 0 Å². The predicted octanol–water partition coefficient (Wildman–Crippen LogP) is 4.35. The Balaban J connectivity index is 2.19. The molecule has 2 rings (SSSR count). The molecule has 0 atom stereocenters. The van der Waals surface area contributed by atoms with E-state index in [1.807, 2.05) is 11.4 Å². The van der Waals surface area contributed by atoms with Crippen LogP contribution in [0, 0.1) is 0 Å². The maximum Gasteiger partial charge on any atom is 0.193 e. The Morgan fingerprint density at radius 2 is 1.89 bits per heavy atom. The summed E-state index contributed by atoms with van der Waals surface area (Å²) in [6.07, 6.45) is 5.01. The number of thiophene rings is 1. The number of nitrogens with zero attached hydrogens (tertiary/aromatic N) is 1. The Morgan fingerprint density at radius 1 is 1.28 bits per heavy atom. The van der Waals surface area contributed by atoms with Crippen LogP contribution < -0.4 is 0 Å². The van der Waals surface area contributed by atoms with Crippen LogP contribution in [0.4, 0.5) is 0 Å². The first-order chi connectivity index (χ1) is 8.53. The number of rotatable bonds is 3. The summed E-state index contributed by atoms with van der Waals surface area (Å²) in [4.78, 5) is 15.9. The van der Waals surface area contributed by atoms with Crippen LogP contribution in [0.15, 0.2) is 15.9 Å². The molecule has 0 N–H and O–H groups in total. The van der Waals surface area contributed by atoms with E-state index in [2.05, 4.69) is 34.7 Å². The number of halogens is 1. The second-order valence-corrected chi connectivity index (χ2v) is 7.16. The zero-order chi connectivity index (χ0) is 13.2. The molecule has 1 aromatic rings. The summed E-state index contributed by atoms with van der Waals surface area (Å²) < 4.78 is 0.931. The number of Topliss-reactive ketones (excluding diaryl/α,β-unsaturated/α-hetero) is 1. The third-order valence-corrected chi connectivity index (χ3v) is 5.61. The molecule has 1 aromatic heterocycles. The van der Waals surface area contributed by atoms with E-state index in [0.29, 0.717) is 0 Å². The van der Waals surface area contributed by atoms with Crippen LogP contribution in [0.25, 0.3) is 0 Å². The molecule has 0 aliphatic carbocycles. The molecule has 1 aliphatic rings. The van der Waals surface area contributed by atoms with Gasteiger partial charge < -0.3 is 0 Å². The Bertz CT molecular complexity index is 419. The zero-order valence-electron chi connectivity index (χ0n) is 11.0. The third kappa shape index (κ3) is 2.86. The largest absolute Gasteiger partial charge is 0.291 e. The third-order valence-electron chi connectivity index (χ3n) is 3.78. The SMILES string of the molecule is CC(C)(C(=O)c1sccc1Br)N1CCCCCC1. The molecule has 0 unspecified atom stereocenters. The van der Waals surface area contributed by atoms with E-state index in [4.69, 9.17) is 0 Å². The van der Waals surface area contributed by atoms with Gasteiger partial charge in [0.1, 0.15) is 0 Å². The summed E-state index contributed by atoms with van der Waals surface area (Å²) in [5.74, 6) is 0.242. The molecule has 0 saturated carbocycles. The van der Waals surface area contributed by atoms with Crippen LogP contribution in [0.1, 0.15) is 49.2 Å². The predicted molar refractivity (Wildman–Crippen MR) is 80.5 cm³/mol. The average molecular weight is 330 g/mol. The van der Waals surface area contributed by atoms with Gasteiger partial charge in [0.05, 0.1) is 10.4 Å². The summed E-state index contributed by atoms with van der Waals surface area (Å²) >= 11 is 5.00. The number of hydrogen-bond acceptors (Lipinski definition) is 3. The first-order valence-corrected chi connectivity index (χ1v) is 8.23. The van der Waals surface area contributed by atoms with Gasteiger partial charge in [0.15, 0.2) is 5.78 Å². The van der Waals surface area contributed by atoms with Crippen molar-refractivity contribution in [3.8, 4) is 0 Å². The molecule has 2 heterocycles. The normalized spacial score (nSPS) is 18.6. The van der Waals surface area contributed by atoms with Crippen LogP contribution >= 0.6 is 27.3 Å². The second-order valence-electron chi connectivity index (χ2n) is 5.39. The lowest BCUT2D eigenvalue weighted by molar-refractivity contribution is 0.0653. The average Bonchev–Trinajstić information content (AvgIpc) is 2.61. The van der Waals surface area contributed by atoms with Crippen molar-refractivity contribution >= 4 is 33.0 Å². The lowest BCUT2D eigenvalue weighted by atomic mass is 9.95. The molecule has 1 fully saturated rings. The summed E-state index contributed by atoms with van der Waals surface area (Å²) in [6, 6.07) is 1.95. The molecule has 0 aromatic carbocycles. The Kier molecular flexibility index (Phi) is 4.62. The van der Waals surface area contributed by atoms with Gasteiger partial charge in [-0.25, -0.2) is 0 Å². The molecule has 100 valence electrons. The van der Waals surface area contributed by atoms with E-state index in [9.17, 15) is 4.79 Å². The topological polar surface area (TPSA) is 20.3 Å². The van der Waals surface area contributed by atoms with Gasteiger partial charge in [-0.05, 0) is 67.2 Å². The minimum Gasteiger partial charge on any atom is -0.291 e. The fourth-order valence-corrected chi connectivity index (χ4v) is 4.15. The van der Waals surface area contributed by atoms with Crippen molar-refractivity contribution in [2.24, 2.45) is 0 Å². The van der Waals surface area contributed by atoms with Crippen LogP contribution in [-0.4, -0.2) is 29.3 Å². The highest BCUT2D eigenvalue weighted by atomic mass is 79.9. The van der Waals surface area contributed by atoms with E-state index in [1.54, 1.807) is 0 Å². The van der Waals surface area contributed by atoms with Gasteiger partial charge in [-0.15, -0.1) is 11.3 Å². The van der Waals surface area contributed by atoms with Gasteiger partial charge in [0, 0.05) is 4.47 Å². The van der Waals surface area contributed by atoms with E-state index < -0.39 is 5.54 Å². The maximum absolute atomic E-state index is 12.7. The molecule has 0 bridgehead atoms. The van der Waals surface area contributed by atoms with E-state index >= 15 is 0 Å². The number of ketones is 1. The first-order valence-electron chi connectivity index (χ1n) is 6.56. The smallest absolute Gasteiger partial charge is 0.193 e. The fourth-order valence-electron chi connectivity index (χ4n) is 2.51. The summed E-state index contributed by atoms with van der Waals surface area (Å²) in [6.45, 7) is 6.21.